The van der Waals surface area contributed by atoms with E-state index in [1.165, 1.54) is 0 Å². The Labute approximate surface area is 333 Å². The third-order valence-electron chi connectivity index (χ3n) is 9.64. The Kier molecular flexibility index (Phi) is 17.5. The molecule has 55 heavy (non-hydrogen) atoms. The maximum atomic E-state index is 12.7. The molecule has 4 fully saturated rings. The number of hydrogen-bond acceptors (Lipinski definition) is 24. The van der Waals surface area contributed by atoms with Crippen molar-refractivity contribution in [2.24, 2.45) is 0 Å². The van der Waals surface area contributed by atoms with Gasteiger partial charge in [-0.15, -0.1) is 0 Å². The van der Waals surface area contributed by atoms with Crippen molar-refractivity contribution < 1.29 is 149 Å². The maximum absolute atomic E-state index is 12.7. The van der Waals surface area contributed by atoms with Crippen LogP contribution >= 0.6 is 0 Å². The Morgan fingerprint density at radius 3 is 1.93 bits per heavy atom. The van der Waals surface area contributed by atoms with Gasteiger partial charge in [-0.05, 0) is 0 Å². The Balaban J connectivity index is 0.00000812. The van der Waals surface area contributed by atoms with E-state index in [1.807, 2.05) is 0 Å². The Morgan fingerprint density at radius 1 is 0.800 bits per heavy atom. The van der Waals surface area contributed by atoms with E-state index in [2.05, 4.69) is 5.32 Å². The molecule has 0 aliphatic carbocycles. The first-order valence-electron chi connectivity index (χ1n) is 16.7. The van der Waals surface area contributed by atoms with Crippen molar-refractivity contribution in [1.29, 1.82) is 0 Å². The third kappa shape index (κ3) is 9.94. The fourth-order valence-corrected chi connectivity index (χ4v) is 6.58. The zero-order valence-corrected chi connectivity index (χ0v) is 31.5. The van der Waals surface area contributed by atoms with Crippen LogP contribution in [0.1, 0.15) is 13.3 Å². The van der Waals surface area contributed by atoms with Crippen LogP contribution in [-0.2, 0) is 42.7 Å². The van der Waals surface area contributed by atoms with Crippen LogP contribution in [0.4, 0.5) is 0 Å². The molecule has 20 atom stereocenters. The summed E-state index contributed by atoms with van der Waals surface area (Å²) in [5.74, 6) is -8.82. The van der Waals surface area contributed by atoms with Gasteiger partial charge in [-0.3, -0.25) is 4.79 Å². The Bertz CT molecular complexity index is 1260. The zero-order valence-electron chi connectivity index (χ0n) is 29.5. The minimum absolute atomic E-state index is 0. The van der Waals surface area contributed by atoms with Gasteiger partial charge in [0.05, 0.1) is 38.6 Å². The quantitative estimate of drug-likeness (QED) is 0.0682. The van der Waals surface area contributed by atoms with Crippen molar-refractivity contribution in [3.05, 3.63) is 0 Å². The van der Waals surface area contributed by atoms with Crippen LogP contribution < -0.4 is 40.0 Å². The summed E-state index contributed by atoms with van der Waals surface area (Å²) in [4.78, 5) is 24.5. The van der Waals surface area contributed by atoms with E-state index in [0.29, 0.717) is 0 Å². The van der Waals surface area contributed by atoms with Gasteiger partial charge in [0.1, 0.15) is 98.0 Å². The molecule has 25 nitrogen and oxygen atoms in total. The summed E-state index contributed by atoms with van der Waals surface area (Å²) in [6.07, 6.45) is -35.0. The van der Waals surface area contributed by atoms with Crippen LogP contribution in [0.2, 0.25) is 0 Å². The summed E-state index contributed by atoms with van der Waals surface area (Å²) >= 11 is 0. The van der Waals surface area contributed by atoms with Crippen molar-refractivity contribution in [3.63, 3.8) is 0 Å². The maximum Gasteiger partial charge on any atom is 1.00 e. The number of aliphatic carboxylic acids is 1. The average molecular weight is 818 g/mol. The monoisotopic (exact) mass is 817 g/mol. The van der Waals surface area contributed by atoms with E-state index in [1.54, 1.807) is 0 Å². The van der Waals surface area contributed by atoms with Gasteiger partial charge in [-0.2, -0.15) is 0 Å². The molecule has 0 saturated carbocycles. The van der Waals surface area contributed by atoms with Gasteiger partial charge in [0.15, 0.2) is 12.6 Å². The zero-order chi connectivity index (χ0) is 40.4. The third-order valence-corrected chi connectivity index (χ3v) is 9.64. The predicted octanol–water partition coefficient (Wildman–Crippen LogP) is -14.7. The minimum Gasteiger partial charge on any atom is -0.544 e. The number of nitrogens with one attached hydrogen (secondary N) is 1. The second-order valence-electron chi connectivity index (χ2n) is 13.4. The predicted molar refractivity (Wildman–Crippen MR) is 160 cm³/mol. The first kappa shape index (κ1) is 48.5. The molecule has 0 spiro atoms. The Hall–Kier alpha value is -0.900. The van der Waals surface area contributed by atoms with Crippen molar-refractivity contribution in [2.75, 3.05) is 33.0 Å². The molecule has 4 aliphatic rings. The van der Waals surface area contributed by atoms with Gasteiger partial charge < -0.3 is 120 Å². The molecule has 4 heterocycles. The normalized spacial score (nSPS) is 46.0. The number of aliphatic hydroxyl groups excluding tert-OH is 14. The molecule has 0 radical (unpaired) electrons. The number of ether oxygens (including phenoxy) is 7. The van der Waals surface area contributed by atoms with Crippen LogP contribution in [0.15, 0.2) is 0 Å². The summed E-state index contributed by atoms with van der Waals surface area (Å²) in [5.41, 5.74) is 0. The van der Waals surface area contributed by atoms with Gasteiger partial charge in [-0.1, -0.05) is 0 Å². The first-order valence-corrected chi connectivity index (χ1v) is 16.7. The molecule has 0 unspecified atom stereocenters. The SMILES string of the molecule is CC(=O)N[C@H]1[C@H]([C@@H](O)[C@H](O)CO)O[C@@](O[C@H]2[C@@H](OC[C@H]3O[C@H](O[C@]4(CO)O[C@H](CO)[C@@H](O)[C@@H]4O)[C@H](O)[C@@H](O)[C@@H]3O)O[C@H](CO)[C@H](O)[C@@H]2O)(C(=O)[O-])C[C@@H]1O.[Na+]. The fraction of sp³-hybridized carbons (Fsp3) is 0.931. The minimum atomic E-state index is -3.21. The molecule has 0 aromatic heterocycles. The molecule has 0 bridgehead atoms. The number of carboxylic acids is 1. The van der Waals surface area contributed by atoms with Crippen LogP contribution in [0.3, 0.4) is 0 Å². The van der Waals surface area contributed by atoms with Gasteiger partial charge in [0.2, 0.25) is 17.5 Å². The number of aliphatic hydroxyl groups is 14. The smallest absolute Gasteiger partial charge is 0.544 e. The topological polar surface area (TPSA) is 417 Å². The van der Waals surface area contributed by atoms with Gasteiger partial charge in [0, 0.05) is 13.3 Å². The summed E-state index contributed by atoms with van der Waals surface area (Å²) in [5, 5.41) is 159. The summed E-state index contributed by atoms with van der Waals surface area (Å²) in [6.45, 7) is -4.07. The van der Waals surface area contributed by atoms with Crippen molar-refractivity contribution in [2.45, 2.75) is 135 Å². The Morgan fingerprint density at radius 2 is 1.40 bits per heavy atom. The number of carbonyl (C=O) groups excluding carboxylic acids is 2. The number of carbonyl (C=O) groups is 2. The van der Waals surface area contributed by atoms with E-state index in [-0.39, 0.29) is 29.6 Å². The summed E-state index contributed by atoms with van der Waals surface area (Å²) < 4.78 is 38.4. The number of rotatable bonds is 15. The van der Waals surface area contributed by atoms with Gasteiger partial charge >= 0.3 is 29.6 Å². The van der Waals surface area contributed by atoms with E-state index in [4.69, 9.17) is 33.2 Å². The molecule has 26 heteroatoms. The molecular weight excluding hydrogens is 769 g/mol. The van der Waals surface area contributed by atoms with Gasteiger partial charge in [0.25, 0.3) is 0 Å². The van der Waals surface area contributed by atoms with E-state index in [9.17, 15) is 86.2 Å². The van der Waals surface area contributed by atoms with E-state index >= 15 is 0 Å². The molecule has 4 aliphatic heterocycles. The fourth-order valence-electron chi connectivity index (χ4n) is 6.58. The van der Waals surface area contributed by atoms with Crippen LogP contribution in [-0.4, -0.2) is 238 Å². The second-order valence-corrected chi connectivity index (χ2v) is 13.4. The summed E-state index contributed by atoms with van der Waals surface area (Å²) in [7, 11) is 0. The van der Waals surface area contributed by atoms with Crippen LogP contribution in [0.25, 0.3) is 0 Å². The molecule has 0 aromatic rings. The average Bonchev–Trinajstić information content (AvgIpc) is 3.38. The first-order chi connectivity index (χ1) is 25.3. The van der Waals surface area contributed by atoms with E-state index < -0.39 is 173 Å². The summed E-state index contributed by atoms with van der Waals surface area (Å²) in [6, 6.07) is -1.63. The molecular formula is C29H48NNaO24. The number of amides is 1. The molecule has 1 amide bonds. The number of carboxylic acid groups (broad SMARTS) is 1. The second kappa shape index (κ2) is 19.9. The molecule has 0 aromatic carbocycles. The molecule has 4 saturated heterocycles. The van der Waals surface area contributed by atoms with Crippen LogP contribution in [0.5, 0.6) is 0 Å². The molecule has 314 valence electrons. The number of hydrogen-bond donors (Lipinski definition) is 15. The molecule has 4 rings (SSSR count). The van der Waals surface area contributed by atoms with Crippen molar-refractivity contribution in [3.8, 4) is 0 Å². The van der Waals surface area contributed by atoms with Crippen molar-refractivity contribution in [1.82, 2.24) is 5.32 Å². The largest absolute Gasteiger partial charge is 1.00 e. The van der Waals surface area contributed by atoms with Gasteiger partial charge in [-0.25, -0.2) is 0 Å². The molecule has 15 N–H and O–H groups in total. The van der Waals surface area contributed by atoms with E-state index in [0.717, 1.165) is 6.92 Å². The standard InChI is InChI=1S/C29H49NO24.Na/c1-8(35)30-14-9(36)2-28(27(46)47,52-22(14)15(38)10(37)3-31)53-23-20(43)16(39)11(4-32)49-26(23)48-6-13-17(40)19(42)21(44)25(50-13)54-29(7-34)24(45)18(41)12(5-33)51-29;/h9-26,31-34,36-45H,2-7H2,1H3,(H,30,35)(H,46,47);/q;+1/p-1/t9-,10+,11+,12+,13+,14+,15-,16-,17+,18+,19-,20-,21+,22+,23+,24-,25+,26-,28-,29-;/m0./s1. The van der Waals surface area contributed by atoms with Crippen LogP contribution in [0, 0.1) is 0 Å². The van der Waals surface area contributed by atoms with Crippen molar-refractivity contribution >= 4 is 11.9 Å².